The highest BCUT2D eigenvalue weighted by Crippen LogP contribution is 2.26. The Bertz CT molecular complexity index is 635. The van der Waals surface area contributed by atoms with Gasteiger partial charge in [0.25, 0.3) is 5.91 Å². The van der Waals surface area contributed by atoms with E-state index in [1.807, 2.05) is 23.6 Å². The van der Waals surface area contributed by atoms with Crippen molar-refractivity contribution in [1.29, 1.82) is 0 Å². The predicted octanol–water partition coefficient (Wildman–Crippen LogP) is 2.89. The molecule has 1 aliphatic rings. The fourth-order valence-electron chi connectivity index (χ4n) is 2.06. The van der Waals surface area contributed by atoms with Gasteiger partial charge in [0, 0.05) is 17.8 Å². The summed E-state index contributed by atoms with van der Waals surface area (Å²) in [6.45, 7) is 0. The third-order valence-corrected chi connectivity index (χ3v) is 3.87. The molecule has 3 rings (SSSR count). The maximum atomic E-state index is 11.9. The quantitative estimate of drug-likeness (QED) is 0.883. The lowest BCUT2D eigenvalue weighted by molar-refractivity contribution is -0.116. The first kappa shape index (κ1) is 11.9. The second kappa shape index (κ2) is 4.85. The minimum atomic E-state index is -0.102. The average Bonchev–Trinajstić information content (AvgIpc) is 2.93. The maximum Gasteiger partial charge on any atom is 0.265 e. The predicted molar refractivity (Wildman–Crippen MR) is 75.7 cm³/mol. The summed E-state index contributed by atoms with van der Waals surface area (Å²) >= 11 is 1.41. The minimum Gasteiger partial charge on any atom is -0.326 e. The van der Waals surface area contributed by atoms with Crippen molar-refractivity contribution in [2.45, 2.75) is 12.8 Å². The Balaban J connectivity index is 1.79. The van der Waals surface area contributed by atoms with E-state index in [-0.39, 0.29) is 11.8 Å². The molecule has 19 heavy (non-hydrogen) atoms. The summed E-state index contributed by atoms with van der Waals surface area (Å²) in [7, 11) is 0. The van der Waals surface area contributed by atoms with Gasteiger partial charge in [0.05, 0.1) is 4.88 Å². The van der Waals surface area contributed by atoms with Crippen LogP contribution in [0.15, 0.2) is 35.7 Å². The molecule has 4 nitrogen and oxygen atoms in total. The van der Waals surface area contributed by atoms with Crippen molar-refractivity contribution >= 4 is 34.5 Å². The monoisotopic (exact) mass is 272 g/mol. The number of hydrogen-bond donors (Lipinski definition) is 2. The minimum absolute atomic E-state index is 0.0443. The Hall–Kier alpha value is -2.14. The van der Waals surface area contributed by atoms with Crippen LogP contribution < -0.4 is 10.6 Å². The van der Waals surface area contributed by atoms with Crippen LogP contribution in [0.25, 0.3) is 0 Å². The second-order valence-corrected chi connectivity index (χ2v) is 5.30. The third-order valence-electron chi connectivity index (χ3n) is 3.00. The number of anilines is 2. The molecule has 0 aliphatic carbocycles. The summed E-state index contributed by atoms with van der Waals surface area (Å²) in [5.41, 5.74) is 2.65. The van der Waals surface area contributed by atoms with Crippen LogP contribution in [0.2, 0.25) is 0 Å². The number of rotatable bonds is 2. The van der Waals surface area contributed by atoms with E-state index in [1.165, 1.54) is 11.3 Å². The summed E-state index contributed by atoms with van der Waals surface area (Å²) < 4.78 is 0. The summed E-state index contributed by atoms with van der Waals surface area (Å²) in [6, 6.07) is 9.19. The van der Waals surface area contributed by atoms with Crippen molar-refractivity contribution in [3.8, 4) is 0 Å². The van der Waals surface area contributed by atoms with Crippen molar-refractivity contribution in [3.05, 3.63) is 46.2 Å². The second-order valence-electron chi connectivity index (χ2n) is 4.35. The number of carbonyl (C=O) groups excluding carboxylic acids is 2. The van der Waals surface area contributed by atoms with Gasteiger partial charge in [-0.3, -0.25) is 9.59 Å². The van der Waals surface area contributed by atoms with Gasteiger partial charge < -0.3 is 10.6 Å². The van der Waals surface area contributed by atoms with E-state index >= 15 is 0 Å². The van der Waals surface area contributed by atoms with E-state index in [0.29, 0.717) is 17.7 Å². The summed E-state index contributed by atoms with van der Waals surface area (Å²) in [5, 5.41) is 7.56. The highest BCUT2D eigenvalue weighted by molar-refractivity contribution is 7.12. The lowest BCUT2D eigenvalue weighted by atomic mass is 10.0. The summed E-state index contributed by atoms with van der Waals surface area (Å²) in [4.78, 5) is 23.9. The topological polar surface area (TPSA) is 58.2 Å². The molecule has 96 valence electrons. The van der Waals surface area contributed by atoms with Gasteiger partial charge >= 0.3 is 0 Å². The number of benzene rings is 1. The number of carbonyl (C=O) groups is 2. The van der Waals surface area contributed by atoms with Gasteiger partial charge in [-0.15, -0.1) is 11.3 Å². The molecule has 2 aromatic rings. The van der Waals surface area contributed by atoms with Gasteiger partial charge in [-0.2, -0.15) is 0 Å². The lowest BCUT2D eigenvalue weighted by Gasteiger charge is -2.17. The zero-order valence-corrected chi connectivity index (χ0v) is 10.9. The first-order valence-corrected chi connectivity index (χ1v) is 6.88. The molecule has 0 saturated heterocycles. The Morgan fingerprint density at radius 1 is 1.26 bits per heavy atom. The van der Waals surface area contributed by atoms with E-state index < -0.39 is 0 Å². The van der Waals surface area contributed by atoms with Crippen LogP contribution in [-0.2, 0) is 11.2 Å². The smallest absolute Gasteiger partial charge is 0.265 e. The van der Waals surface area contributed by atoms with Crippen LogP contribution in [0.4, 0.5) is 11.4 Å². The van der Waals surface area contributed by atoms with Gasteiger partial charge in [-0.1, -0.05) is 6.07 Å². The first-order chi connectivity index (χ1) is 9.22. The van der Waals surface area contributed by atoms with Crippen LogP contribution in [0, 0.1) is 0 Å². The molecule has 0 fully saturated rings. The van der Waals surface area contributed by atoms with Gasteiger partial charge in [-0.05, 0) is 41.6 Å². The van der Waals surface area contributed by atoms with E-state index in [4.69, 9.17) is 0 Å². The van der Waals surface area contributed by atoms with Gasteiger partial charge in [0.1, 0.15) is 0 Å². The number of amides is 2. The van der Waals surface area contributed by atoms with Crippen molar-refractivity contribution in [2.24, 2.45) is 0 Å². The average molecular weight is 272 g/mol. The molecule has 0 unspecified atom stereocenters. The Morgan fingerprint density at radius 3 is 2.95 bits per heavy atom. The SMILES string of the molecule is O=C1CCc2cc(NC(=O)c3cccs3)ccc2N1. The molecule has 0 atom stereocenters. The largest absolute Gasteiger partial charge is 0.326 e. The van der Waals surface area contributed by atoms with Crippen molar-refractivity contribution in [2.75, 3.05) is 10.6 Å². The van der Waals surface area contributed by atoms with Gasteiger partial charge in [0.2, 0.25) is 5.91 Å². The van der Waals surface area contributed by atoms with E-state index in [9.17, 15) is 9.59 Å². The van der Waals surface area contributed by atoms with Crippen LogP contribution in [-0.4, -0.2) is 11.8 Å². The normalized spacial score (nSPS) is 13.6. The number of nitrogens with one attached hydrogen (secondary N) is 2. The molecule has 0 spiro atoms. The van der Waals surface area contributed by atoms with Crippen molar-refractivity contribution < 1.29 is 9.59 Å². The van der Waals surface area contributed by atoms with E-state index in [0.717, 1.165) is 16.9 Å². The van der Waals surface area contributed by atoms with Crippen LogP contribution in [0.5, 0.6) is 0 Å². The zero-order chi connectivity index (χ0) is 13.2. The molecule has 2 N–H and O–H groups in total. The zero-order valence-electron chi connectivity index (χ0n) is 10.1. The molecular formula is C14H12N2O2S. The lowest BCUT2D eigenvalue weighted by Crippen LogP contribution is -2.19. The molecule has 1 aromatic carbocycles. The molecule has 0 radical (unpaired) electrons. The number of thiophene rings is 1. The summed E-state index contributed by atoms with van der Waals surface area (Å²) in [5.74, 6) is -0.0577. The van der Waals surface area contributed by atoms with Crippen LogP contribution >= 0.6 is 11.3 Å². The molecular weight excluding hydrogens is 260 g/mol. The first-order valence-electron chi connectivity index (χ1n) is 6.00. The Labute approximate surface area is 114 Å². The van der Waals surface area contributed by atoms with Crippen LogP contribution in [0.1, 0.15) is 21.7 Å². The van der Waals surface area contributed by atoms with E-state index in [1.54, 1.807) is 12.1 Å². The highest BCUT2D eigenvalue weighted by Gasteiger charge is 2.15. The van der Waals surface area contributed by atoms with Gasteiger partial charge in [-0.25, -0.2) is 0 Å². The van der Waals surface area contributed by atoms with Crippen molar-refractivity contribution in [1.82, 2.24) is 0 Å². The molecule has 0 saturated carbocycles. The Morgan fingerprint density at radius 2 is 2.16 bits per heavy atom. The van der Waals surface area contributed by atoms with Crippen molar-refractivity contribution in [3.63, 3.8) is 0 Å². The number of aryl methyl sites for hydroxylation is 1. The fourth-order valence-corrected chi connectivity index (χ4v) is 2.68. The van der Waals surface area contributed by atoms with E-state index in [2.05, 4.69) is 10.6 Å². The standard InChI is InChI=1S/C14H12N2O2S/c17-13-6-3-9-8-10(4-5-11(9)16-13)15-14(18)12-2-1-7-19-12/h1-2,4-5,7-8H,3,6H2,(H,15,18)(H,16,17). The molecule has 1 aliphatic heterocycles. The molecule has 2 heterocycles. The maximum absolute atomic E-state index is 11.9. The number of hydrogen-bond acceptors (Lipinski definition) is 3. The Kier molecular flexibility index (Phi) is 3.05. The molecule has 5 heteroatoms. The number of fused-ring (bicyclic) bond motifs is 1. The molecule has 0 bridgehead atoms. The summed E-state index contributed by atoms with van der Waals surface area (Å²) in [6.07, 6.45) is 1.21. The molecule has 2 amide bonds. The highest BCUT2D eigenvalue weighted by atomic mass is 32.1. The van der Waals surface area contributed by atoms with Crippen LogP contribution in [0.3, 0.4) is 0 Å². The fraction of sp³-hybridized carbons (Fsp3) is 0.143. The van der Waals surface area contributed by atoms with Gasteiger partial charge in [0.15, 0.2) is 0 Å². The third kappa shape index (κ3) is 2.51. The molecule has 1 aromatic heterocycles.